The van der Waals surface area contributed by atoms with Crippen LogP contribution in [0.25, 0.3) is 0 Å². The number of nitrogens with two attached hydrogens (primary N) is 1. The molecule has 188 valence electrons. The van der Waals surface area contributed by atoms with Crippen LogP contribution in [0.5, 0.6) is 11.5 Å². The summed E-state index contributed by atoms with van der Waals surface area (Å²) in [6, 6.07) is 20.6. The lowest BCUT2D eigenvalue weighted by atomic mass is 10.1. The van der Waals surface area contributed by atoms with E-state index in [0.29, 0.717) is 28.4 Å². The molecule has 0 fully saturated rings. The van der Waals surface area contributed by atoms with Gasteiger partial charge in [-0.2, -0.15) is 5.10 Å². The van der Waals surface area contributed by atoms with E-state index in [-0.39, 0.29) is 30.5 Å². The summed E-state index contributed by atoms with van der Waals surface area (Å²) >= 11 is 0. The number of ether oxygens (including phenoxy) is 2. The first kappa shape index (κ1) is 25.0. The van der Waals surface area contributed by atoms with Crippen LogP contribution >= 0.6 is 0 Å². The lowest BCUT2D eigenvalue weighted by Crippen LogP contribution is -2.19. The number of nitrogens with zero attached hydrogens (tertiary/aromatic N) is 2. The van der Waals surface area contributed by atoms with Crippen LogP contribution in [0.2, 0.25) is 0 Å². The molecule has 0 aliphatic heterocycles. The van der Waals surface area contributed by atoms with Gasteiger partial charge in [0, 0.05) is 17.4 Å². The molecule has 0 saturated carbocycles. The normalized spacial score (nSPS) is 10.4. The quantitative estimate of drug-likeness (QED) is 0.306. The molecule has 10 nitrogen and oxygen atoms in total. The van der Waals surface area contributed by atoms with Crippen LogP contribution in [0.15, 0.2) is 85.2 Å². The number of amides is 3. The Kier molecular flexibility index (Phi) is 7.79. The van der Waals surface area contributed by atoms with E-state index < -0.39 is 5.91 Å². The fraction of sp³-hybridized carbons (Fsp3) is 0.111. The molecule has 0 atom stereocenters. The number of methoxy groups -OCH3 is 1. The molecule has 0 aliphatic carbocycles. The number of carbonyl (C=O) groups excluding carboxylic acids is 3. The second-order valence-electron chi connectivity index (χ2n) is 8.01. The van der Waals surface area contributed by atoms with Gasteiger partial charge in [-0.1, -0.05) is 24.3 Å². The minimum Gasteiger partial charge on any atom is -0.497 e. The number of rotatable bonds is 10. The zero-order chi connectivity index (χ0) is 26.2. The zero-order valence-corrected chi connectivity index (χ0v) is 20.0. The van der Waals surface area contributed by atoms with Crippen LogP contribution in [0.3, 0.4) is 0 Å². The van der Waals surface area contributed by atoms with E-state index in [1.165, 1.54) is 10.9 Å². The second-order valence-corrected chi connectivity index (χ2v) is 8.01. The third-order valence-electron chi connectivity index (χ3n) is 5.31. The number of aromatic nitrogens is 2. The molecule has 1 aromatic heterocycles. The molecule has 0 aliphatic rings. The molecule has 37 heavy (non-hydrogen) atoms. The molecule has 3 aromatic carbocycles. The van der Waals surface area contributed by atoms with Gasteiger partial charge in [0.15, 0.2) is 0 Å². The first-order valence-electron chi connectivity index (χ1n) is 11.3. The molecule has 0 spiro atoms. The highest BCUT2D eigenvalue weighted by Crippen LogP contribution is 2.20. The lowest BCUT2D eigenvalue weighted by Gasteiger charge is -2.10. The average molecular weight is 500 g/mol. The van der Waals surface area contributed by atoms with Gasteiger partial charge in [-0.3, -0.25) is 19.1 Å². The Bertz CT molecular complexity index is 1410. The minimum atomic E-state index is -0.581. The molecule has 4 aromatic rings. The maximum atomic E-state index is 12.8. The number of benzene rings is 3. The predicted molar refractivity (Wildman–Crippen MR) is 138 cm³/mol. The molecular formula is C27H25N5O5. The summed E-state index contributed by atoms with van der Waals surface area (Å²) < 4.78 is 12.3. The number of hydrogen-bond acceptors (Lipinski definition) is 6. The van der Waals surface area contributed by atoms with E-state index in [9.17, 15) is 14.4 Å². The lowest BCUT2D eigenvalue weighted by molar-refractivity contribution is -0.116. The summed E-state index contributed by atoms with van der Waals surface area (Å²) in [6.45, 7) is 0.119. The van der Waals surface area contributed by atoms with Crippen LogP contribution < -0.4 is 25.8 Å². The Morgan fingerprint density at radius 1 is 0.946 bits per heavy atom. The number of nitrogens with one attached hydrogen (secondary N) is 2. The van der Waals surface area contributed by atoms with E-state index in [2.05, 4.69) is 15.7 Å². The molecule has 1 heterocycles. The third kappa shape index (κ3) is 6.73. The van der Waals surface area contributed by atoms with Gasteiger partial charge < -0.3 is 25.8 Å². The third-order valence-corrected chi connectivity index (χ3v) is 5.31. The van der Waals surface area contributed by atoms with Gasteiger partial charge in [-0.25, -0.2) is 0 Å². The predicted octanol–water partition coefficient (Wildman–Crippen LogP) is 3.46. The summed E-state index contributed by atoms with van der Waals surface area (Å²) in [6.07, 6.45) is 3.03. The molecule has 3 amide bonds. The Morgan fingerprint density at radius 2 is 1.73 bits per heavy atom. The fourth-order valence-corrected chi connectivity index (χ4v) is 3.50. The highest BCUT2D eigenvalue weighted by molar-refractivity contribution is 6.04. The number of anilines is 2. The van der Waals surface area contributed by atoms with Crippen molar-refractivity contribution < 1.29 is 23.9 Å². The van der Waals surface area contributed by atoms with Crippen molar-refractivity contribution in [2.45, 2.75) is 13.2 Å². The summed E-state index contributed by atoms with van der Waals surface area (Å²) in [5, 5.41) is 9.68. The Morgan fingerprint density at radius 3 is 2.49 bits per heavy atom. The van der Waals surface area contributed by atoms with Gasteiger partial charge in [0.05, 0.1) is 24.6 Å². The minimum absolute atomic E-state index is 0.0263. The second kappa shape index (κ2) is 11.5. The number of primary amides is 1. The maximum absolute atomic E-state index is 12.8. The molecule has 4 rings (SSSR count). The van der Waals surface area contributed by atoms with Gasteiger partial charge in [-0.05, 0) is 54.1 Å². The topological polar surface area (TPSA) is 138 Å². The summed E-state index contributed by atoms with van der Waals surface area (Å²) in [7, 11) is 1.57. The Balaban J connectivity index is 1.32. The smallest absolute Gasteiger partial charge is 0.255 e. The molecule has 0 unspecified atom stereocenters. The van der Waals surface area contributed by atoms with Crippen LogP contribution in [0.4, 0.5) is 11.4 Å². The van der Waals surface area contributed by atoms with Crippen molar-refractivity contribution in [3.8, 4) is 11.5 Å². The monoisotopic (exact) mass is 499 g/mol. The van der Waals surface area contributed by atoms with Gasteiger partial charge in [-0.15, -0.1) is 0 Å². The van der Waals surface area contributed by atoms with Gasteiger partial charge in [0.1, 0.15) is 24.7 Å². The van der Waals surface area contributed by atoms with E-state index in [4.69, 9.17) is 15.2 Å². The molecule has 0 bridgehead atoms. The van der Waals surface area contributed by atoms with Gasteiger partial charge in [0.2, 0.25) is 5.91 Å². The van der Waals surface area contributed by atoms with Crippen molar-refractivity contribution >= 4 is 29.1 Å². The van der Waals surface area contributed by atoms with E-state index >= 15 is 0 Å². The van der Waals surface area contributed by atoms with E-state index in [1.807, 2.05) is 6.07 Å². The number of hydrogen-bond donors (Lipinski definition) is 3. The van der Waals surface area contributed by atoms with Gasteiger partial charge in [0.25, 0.3) is 11.8 Å². The summed E-state index contributed by atoms with van der Waals surface area (Å²) in [5.74, 6) is -0.133. The summed E-state index contributed by atoms with van der Waals surface area (Å²) in [4.78, 5) is 36.7. The van der Waals surface area contributed by atoms with Crippen molar-refractivity contribution in [2.24, 2.45) is 5.73 Å². The highest BCUT2D eigenvalue weighted by atomic mass is 16.5. The number of para-hydroxylation sites is 1. The molecular weight excluding hydrogens is 474 g/mol. The van der Waals surface area contributed by atoms with Crippen molar-refractivity contribution in [3.05, 3.63) is 102 Å². The average Bonchev–Trinajstić information content (AvgIpc) is 3.34. The first-order valence-corrected chi connectivity index (χ1v) is 11.3. The van der Waals surface area contributed by atoms with Crippen LogP contribution in [-0.4, -0.2) is 34.6 Å². The van der Waals surface area contributed by atoms with Crippen molar-refractivity contribution in [3.63, 3.8) is 0 Å². The Hall–Kier alpha value is -5.12. The standard InChI is InChI=1S/C27H25N5O5/c1-36-22-11-9-20(10-12-22)30-25(33)16-32-15-21(14-29-32)31-27(35)19-6-4-5-18(13-19)17-37-24-8-3-2-7-23(24)26(28)34/h2-15H,16-17H2,1H3,(H2,28,34)(H,30,33)(H,31,35). The first-order chi connectivity index (χ1) is 17.9. The van der Waals surface area contributed by atoms with Crippen molar-refractivity contribution in [1.82, 2.24) is 9.78 Å². The SMILES string of the molecule is COc1ccc(NC(=O)Cn2cc(NC(=O)c3cccc(COc4ccccc4C(N)=O)c3)cn2)cc1. The van der Waals surface area contributed by atoms with Crippen molar-refractivity contribution in [1.29, 1.82) is 0 Å². The molecule has 4 N–H and O–H groups in total. The molecule has 0 saturated heterocycles. The van der Waals surface area contributed by atoms with Crippen LogP contribution in [0, 0.1) is 0 Å². The summed E-state index contributed by atoms with van der Waals surface area (Å²) in [5.41, 5.74) is 7.89. The molecule has 10 heteroatoms. The molecule has 0 radical (unpaired) electrons. The largest absolute Gasteiger partial charge is 0.497 e. The van der Waals surface area contributed by atoms with Crippen molar-refractivity contribution in [2.75, 3.05) is 17.7 Å². The van der Waals surface area contributed by atoms with Gasteiger partial charge >= 0.3 is 0 Å². The zero-order valence-electron chi connectivity index (χ0n) is 20.0. The van der Waals surface area contributed by atoms with E-state index in [1.54, 1.807) is 80.0 Å². The highest BCUT2D eigenvalue weighted by Gasteiger charge is 2.12. The van der Waals surface area contributed by atoms with Crippen LogP contribution in [-0.2, 0) is 17.9 Å². The fourth-order valence-electron chi connectivity index (χ4n) is 3.50. The van der Waals surface area contributed by atoms with Crippen LogP contribution in [0.1, 0.15) is 26.3 Å². The number of carbonyl (C=O) groups is 3. The Labute approximate surface area is 213 Å². The van der Waals surface area contributed by atoms with E-state index in [0.717, 1.165) is 5.56 Å². The maximum Gasteiger partial charge on any atom is 0.255 e.